The molecule has 4 N–H and O–H groups in total. The van der Waals surface area contributed by atoms with Crippen LogP contribution in [0.1, 0.15) is 143 Å². The lowest BCUT2D eigenvalue weighted by molar-refractivity contribution is 0.545. The topological polar surface area (TPSA) is 52.0 Å². The summed E-state index contributed by atoms with van der Waals surface area (Å²) in [7, 11) is 0. The highest BCUT2D eigenvalue weighted by Crippen LogP contribution is 2.30. The molecule has 0 saturated carbocycles. The molecule has 0 saturated heterocycles. The van der Waals surface area contributed by atoms with Gasteiger partial charge in [0.2, 0.25) is 0 Å². The van der Waals surface area contributed by atoms with Gasteiger partial charge in [-0.15, -0.1) is 0 Å². The molecule has 0 fully saturated rings. The highest BCUT2D eigenvalue weighted by Gasteiger charge is 2.13. The van der Waals surface area contributed by atoms with E-state index in [2.05, 4.69) is 86.6 Å². The zero-order valence-electron chi connectivity index (χ0n) is 28.2. The van der Waals surface area contributed by atoms with E-state index < -0.39 is 0 Å². The molecule has 4 aromatic rings. The Bertz CT molecular complexity index is 1230. The minimum Gasteiger partial charge on any atom is -0.399 e. The van der Waals surface area contributed by atoms with Crippen LogP contribution in [0.3, 0.4) is 0 Å². The first-order chi connectivity index (χ1) is 22.1. The van der Waals surface area contributed by atoms with Gasteiger partial charge in [0.15, 0.2) is 0 Å². The quantitative estimate of drug-likeness (QED) is 0.0781. The van der Waals surface area contributed by atoms with Gasteiger partial charge in [-0.25, -0.2) is 0 Å². The molecule has 2 unspecified atom stereocenters. The number of anilines is 2. The normalized spacial score (nSPS) is 12.7. The van der Waals surface area contributed by atoms with E-state index in [-0.39, 0.29) is 0 Å². The third-order valence-corrected chi connectivity index (χ3v) is 9.69. The lowest BCUT2D eigenvalue weighted by Crippen LogP contribution is -2.00. The number of hydrogen-bond donors (Lipinski definition) is 2. The maximum Gasteiger partial charge on any atom is 0.0314 e. The van der Waals surface area contributed by atoms with Crippen molar-refractivity contribution in [3.05, 3.63) is 130 Å². The zero-order chi connectivity index (χ0) is 31.7. The lowest BCUT2D eigenvalue weighted by Gasteiger charge is -2.17. The standard InChI is InChI=1S/C43H58N2/c1-3-42(38-26-30-40(44)31-27-38)36-22-18-34(19-23-36)16-14-12-10-8-6-5-7-9-11-13-15-17-35-20-24-37(25-21-35)43(4-2)39-28-32-41(45)33-29-39/h18-33,42-43H,3-17,44-45H2,1-2H3. The van der Waals surface area contributed by atoms with E-state index in [9.17, 15) is 0 Å². The Hall–Kier alpha value is -3.52. The summed E-state index contributed by atoms with van der Waals surface area (Å²) in [5.41, 5.74) is 21.9. The molecule has 0 radical (unpaired) electrons. The van der Waals surface area contributed by atoms with Crippen molar-refractivity contribution >= 4 is 11.4 Å². The van der Waals surface area contributed by atoms with Gasteiger partial charge in [-0.2, -0.15) is 0 Å². The molecule has 0 aliphatic carbocycles. The molecule has 0 amide bonds. The summed E-state index contributed by atoms with van der Waals surface area (Å²) in [6, 6.07) is 35.5. The molecule has 2 heteroatoms. The molecule has 2 atom stereocenters. The molecule has 240 valence electrons. The number of benzene rings is 4. The lowest BCUT2D eigenvalue weighted by atomic mass is 9.88. The van der Waals surface area contributed by atoms with Crippen LogP contribution in [0.15, 0.2) is 97.1 Å². The molecule has 4 aromatic carbocycles. The van der Waals surface area contributed by atoms with Gasteiger partial charge < -0.3 is 11.5 Å². The summed E-state index contributed by atoms with van der Waals surface area (Å²) in [6.45, 7) is 4.53. The summed E-state index contributed by atoms with van der Waals surface area (Å²) in [4.78, 5) is 0. The van der Waals surface area contributed by atoms with Gasteiger partial charge >= 0.3 is 0 Å². The van der Waals surface area contributed by atoms with Crippen molar-refractivity contribution in [3.63, 3.8) is 0 Å². The smallest absolute Gasteiger partial charge is 0.0314 e. The Balaban J connectivity index is 0.993. The summed E-state index contributed by atoms with van der Waals surface area (Å²) >= 11 is 0. The van der Waals surface area contributed by atoms with Crippen molar-refractivity contribution < 1.29 is 0 Å². The van der Waals surface area contributed by atoms with E-state index in [4.69, 9.17) is 11.5 Å². The second-order valence-corrected chi connectivity index (χ2v) is 13.1. The first-order valence-corrected chi connectivity index (χ1v) is 18.0. The number of nitrogens with two attached hydrogens (primary N) is 2. The molecular formula is C43H58N2. The van der Waals surface area contributed by atoms with Gasteiger partial charge in [0.1, 0.15) is 0 Å². The number of aryl methyl sites for hydroxylation is 2. The van der Waals surface area contributed by atoms with Gasteiger partial charge in [0.25, 0.3) is 0 Å². The fourth-order valence-electron chi connectivity index (χ4n) is 6.87. The SMILES string of the molecule is CCC(c1ccc(N)cc1)c1ccc(CCCCCCCCCCCCCc2ccc(C(CC)c3ccc(N)cc3)cc2)cc1. The van der Waals surface area contributed by atoms with Crippen molar-refractivity contribution in [2.45, 2.75) is 122 Å². The molecular weight excluding hydrogens is 544 g/mol. The number of rotatable bonds is 20. The summed E-state index contributed by atoms with van der Waals surface area (Å²) in [6.07, 6.45) is 19.7. The van der Waals surface area contributed by atoms with Gasteiger partial charge in [0, 0.05) is 23.2 Å². The highest BCUT2D eigenvalue weighted by atomic mass is 14.5. The monoisotopic (exact) mass is 602 g/mol. The predicted octanol–water partition coefficient (Wildman–Crippen LogP) is 12.0. The molecule has 0 aliphatic heterocycles. The Morgan fingerprint density at radius 2 is 0.600 bits per heavy atom. The Morgan fingerprint density at radius 3 is 0.867 bits per heavy atom. The first-order valence-electron chi connectivity index (χ1n) is 18.0. The molecule has 0 bridgehead atoms. The minimum atomic E-state index is 0.448. The molecule has 2 nitrogen and oxygen atoms in total. The van der Waals surface area contributed by atoms with E-state index in [0.29, 0.717) is 11.8 Å². The summed E-state index contributed by atoms with van der Waals surface area (Å²) in [5, 5.41) is 0. The molecule has 4 rings (SSSR count). The molecule has 0 aliphatic rings. The van der Waals surface area contributed by atoms with Crippen LogP contribution in [0.2, 0.25) is 0 Å². The zero-order valence-corrected chi connectivity index (χ0v) is 28.2. The van der Waals surface area contributed by atoms with Gasteiger partial charge in [0.05, 0.1) is 0 Å². The fraction of sp³-hybridized carbons (Fsp3) is 0.442. The molecule has 0 heterocycles. The van der Waals surface area contributed by atoms with Crippen LogP contribution >= 0.6 is 0 Å². The van der Waals surface area contributed by atoms with Crippen LogP contribution in [0.5, 0.6) is 0 Å². The first kappa shape index (κ1) is 34.4. The number of nitrogen functional groups attached to an aromatic ring is 2. The van der Waals surface area contributed by atoms with Crippen molar-refractivity contribution in [1.29, 1.82) is 0 Å². The predicted molar refractivity (Wildman–Crippen MR) is 197 cm³/mol. The van der Waals surface area contributed by atoms with E-state index in [1.807, 2.05) is 24.3 Å². The largest absolute Gasteiger partial charge is 0.399 e. The van der Waals surface area contributed by atoms with Crippen molar-refractivity contribution in [2.24, 2.45) is 0 Å². The van der Waals surface area contributed by atoms with Gasteiger partial charge in [-0.05, 0) is 96.2 Å². The van der Waals surface area contributed by atoms with E-state index in [1.165, 1.54) is 117 Å². The Morgan fingerprint density at radius 1 is 0.356 bits per heavy atom. The van der Waals surface area contributed by atoms with Crippen LogP contribution in [-0.4, -0.2) is 0 Å². The average molecular weight is 603 g/mol. The Labute approximate surface area is 274 Å². The van der Waals surface area contributed by atoms with Gasteiger partial charge in [-0.1, -0.05) is 144 Å². The van der Waals surface area contributed by atoms with Crippen molar-refractivity contribution in [2.75, 3.05) is 11.5 Å². The van der Waals surface area contributed by atoms with Crippen LogP contribution < -0.4 is 11.5 Å². The van der Waals surface area contributed by atoms with Crippen LogP contribution in [0.25, 0.3) is 0 Å². The minimum absolute atomic E-state index is 0.448. The van der Waals surface area contributed by atoms with Crippen LogP contribution in [0.4, 0.5) is 11.4 Å². The molecule has 0 spiro atoms. The van der Waals surface area contributed by atoms with Crippen molar-refractivity contribution in [3.8, 4) is 0 Å². The molecule has 45 heavy (non-hydrogen) atoms. The second-order valence-electron chi connectivity index (χ2n) is 13.1. The third kappa shape index (κ3) is 11.4. The van der Waals surface area contributed by atoms with E-state index in [0.717, 1.165) is 24.2 Å². The van der Waals surface area contributed by atoms with Crippen molar-refractivity contribution in [1.82, 2.24) is 0 Å². The molecule has 0 aromatic heterocycles. The van der Waals surface area contributed by atoms with E-state index in [1.54, 1.807) is 0 Å². The average Bonchev–Trinajstić information content (AvgIpc) is 3.07. The number of hydrogen-bond acceptors (Lipinski definition) is 2. The maximum absolute atomic E-state index is 5.88. The highest BCUT2D eigenvalue weighted by molar-refractivity contribution is 5.44. The van der Waals surface area contributed by atoms with Gasteiger partial charge in [-0.3, -0.25) is 0 Å². The summed E-state index contributed by atoms with van der Waals surface area (Å²) in [5.74, 6) is 0.896. The maximum atomic E-state index is 5.88. The fourth-order valence-corrected chi connectivity index (χ4v) is 6.87. The summed E-state index contributed by atoms with van der Waals surface area (Å²) < 4.78 is 0. The second kappa shape index (κ2) is 19.1. The van der Waals surface area contributed by atoms with Crippen LogP contribution in [-0.2, 0) is 12.8 Å². The van der Waals surface area contributed by atoms with E-state index >= 15 is 0 Å². The van der Waals surface area contributed by atoms with Crippen LogP contribution in [0, 0.1) is 0 Å². The Kier molecular flexibility index (Phi) is 14.6. The number of unbranched alkanes of at least 4 members (excludes halogenated alkanes) is 10. The third-order valence-electron chi connectivity index (χ3n) is 9.69.